The molecule has 0 amide bonds. The lowest BCUT2D eigenvalue weighted by Crippen LogP contribution is -2.24. The first-order valence-corrected chi connectivity index (χ1v) is 5.98. The summed E-state index contributed by atoms with van der Waals surface area (Å²) in [4.78, 5) is 23.6. The van der Waals surface area contributed by atoms with E-state index in [1.807, 2.05) is 6.92 Å². The van der Waals surface area contributed by atoms with E-state index in [2.05, 4.69) is 4.74 Å². The minimum Gasteiger partial charge on any atom is -0.494 e. The molecule has 0 aliphatic rings. The molecule has 98 valence electrons. The van der Waals surface area contributed by atoms with Crippen molar-refractivity contribution in [2.75, 3.05) is 13.7 Å². The number of hydrogen-bond donors (Lipinski definition) is 0. The van der Waals surface area contributed by atoms with Crippen molar-refractivity contribution in [3.8, 4) is 5.75 Å². The van der Waals surface area contributed by atoms with Gasteiger partial charge in [0, 0.05) is 5.56 Å². The number of benzene rings is 1. The third kappa shape index (κ3) is 3.32. The van der Waals surface area contributed by atoms with E-state index in [1.165, 1.54) is 7.11 Å². The number of ether oxygens (including phenoxy) is 2. The predicted octanol–water partition coefficient (Wildman–Crippen LogP) is 2.47. The van der Waals surface area contributed by atoms with Gasteiger partial charge in [-0.15, -0.1) is 0 Å². The molecule has 0 bridgehead atoms. The molecular weight excluding hydrogens is 232 g/mol. The molecule has 0 aliphatic heterocycles. The van der Waals surface area contributed by atoms with Crippen molar-refractivity contribution in [2.24, 2.45) is 5.92 Å². The van der Waals surface area contributed by atoms with Crippen LogP contribution in [-0.2, 0) is 9.53 Å². The van der Waals surface area contributed by atoms with E-state index < -0.39 is 11.9 Å². The molecule has 0 radical (unpaired) electrons. The van der Waals surface area contributed by atoms with Gasteiger partial charge in [0.2, 0.25) is 0 Å². The average Bonchev–Trinajstić information content (AvgIpc) is 2.40. The molecule has 0 aliphatic carbocycles. The molecule has 0 fully saturated rings. The van der Waals surface area contributed by atoms with Gasteiger partial charge in [-0.1, -0.05) is 6.92 Å². The summed E-state index contributed by atoms with van der Waals surface area (Å²) in [6.07, 6.45) is 0.429. The molecular formula is C14H18O4. The van der Waals surface area contributed by atoms with Crippen LogP contribution in [0, 0.1) is 5.92 Å². The van der Waals surface area contributed by atoms with E-state index in [9.17, 15) is 9.59 Å². The molecule has 0 aromatic heterocycles. The van der Waals surface area contributed by atoms with Crippen LogP contribution in [0.25, 0.3) is 0 Å². The SMILES string of the molecule is CCOc1ccc(C(=O)C(CC)C(=O)OC)cc1. The van der Waals surface area contributed by atoms with Gasteiger partial charge < -0.3 is 9.47 Å². The summed E-state index contributed by atoms with van der Waals surface area (Å²) < 4.78 is 9.92. The van der Waals surface area contributed by atoms with Crippen LogP contribution < -0.4 is 4.74 Å². The highest BCUT2D eigenvalue weighted by molar-refractivity contribution is 6.08. The molecule has 0 saturated heterocycles. The summed E-state index contributed by atoms with van der Waals surface area (Å²) in [6, 6.07) is 6.78. The highest BCUT2D eigenvalue weighted by Crippen LogP contribution is 2.17. The predicted molar refractivity (Wildman–Crippen MR) is 67.7 cm³/mol. The lowest BCUT2D eigenvalue weighted by molar-refractivity contribution is -0.143. The van der Waals surface area contributed by atoms with Crippen molar-refractivity contribution >= 4 is 11.8 Å². The van der Waals surface area contributed by atoms with Gasteiger partial charge >= 0.3 is 5.97 Å². The maximum atomic E-state index is 12.1. The van der Waals surface area contributed by atoms with E-state index in [-0.39, 0.29) is 5.78 Å². The van der Waals surface area contributed by atoms with Gasteiger partial charge in [0.1, 0.15) is 11.7 Å². The molecule has 18 heavy (non-hydrogen) atoms. The Bertz CT molecular complexity index is 408. The van der Waals surface area contributed by atoms with Gasteiger partial charge in [-0.2, -0.15) is 0 Å². The maximum Gasteiger partial charge on any atom is 0.316 e. The largest absolute Gasteiger partial charge is 0.494 e. The van der Waals surface area contributed by atoms with Crippen LogP contribution in [0.5, 0.6) is 5.75 Å². The van der Waals surface area contributed by atoms with Crippen molar-refractivity contribution in [1.29, 1.82) is 0 Å². The number of methoxy groups -OCH3 is 1. The fraction of sp³-hybridized carbons (Fsp3) is 0.429. The summed E-state index contributed by atoms with van der Waals surface area (Å²) in [5.74, 6) is -0.725. The van der Waals surface area contributed by atoms with Crippen LogP contribution in [0.4, 0.5) is 0 Å². The zero-order valence-corrected chi connectivity index (χ0v) is 10.9. The van der Waals surface area contributed by atoms with Crippen LogP contribution in [0.3, 0.4) is 0 Å². The fourth-order valence-corrected chi connectivity index (χ4v) is 1.68. The standard InChI is InChI=1S/C14H18O4/c1-4-12(14(16)17-3)13(15)10-6-8-11(9-7-10)18-5-2/h6-9,12H,4-5H2,1-3H3. The van der Waals surface area contributed by atoms with E-state index in [1.54, 1.807) is 31.2 Å². The van der Waals surface area contributed by atoms with Crippen LogP contribution in [0.15, 0.2) is 24.3 Å². The molecule has 4 heteroatoms. The van der Waals surface area contributed by atoms with E-state index in [0.717, 1.165) is 0 Å². The Hall–Kier alpha value is -1.84. The normalized spacial score (nSPS) is 11.7. The Morgan fingerprint density at radius 1 is 1.17 bits per heavy atom. The highest BCUT2D eigenvalue weighted by atomic mass is 16.5. The third-order valence-electron chi connectivity index (χ3n) is 2.66. The number of carbonyl (C=O) groups excluding carboxylic acids is 2. The topological polar surface area (TPSA) is 52.6 Å². The number of hydrogen-bond acceptors (Lipinski definition) is 4. The Balaban J connectivity index is 2.85. The van der Waals surface area contributed by atoms with E-state index >= 15 is 0 Å². The molecule has 0 N–H and O–H groups in total. The van der Waals surface area contributed by atoms with Crippen molar-refractivity contribution < 1.29 is 19.1 Å². The summed E-state index contributed by atoms with van der Waals surface area (Å²) in [7, 11) is 1.29. The van der Waals surface area contributed by atoms with Crippen LogP contribution in [0.1, 0.15) is 30.6 Å². The number of rotatable bonds is 6. The Morgan fingerprint density at radius 3 is 2.22 bits per heavy atom. The molecule has 1 rings (SSSR count). The van der Waals surface area contributed by atoms with Gasteiger partial charge in [0.15, 0.2) is 5.78 Å². The van der Waals surface area contributed by atoms with Crippen molar-refractivity contribution in [3.05, 3.63) is 29.8 Å². The second kappa shape index (κ2) is 6.79. The smallest absolute Gasteiger partial charge is 0.316 e. The molecule has 4 nitrogen and oxygen atoms in total. The number of Topliss-reactive ketones (excluding diaryl/α,β-unsaturated/α-hetero) is 1. The minimum atomic E-state index is -0.729. The Kier molecular flexibility index (Phi) is 5.36. The molecule has 0 saturated carbocycles. The lowest BCUT2D eigenvalue weighted by atomic mass is 9.95. The minimum absolute atomic E-state index is 0.215. The van der Waals surface area contributed by atoms with Crippen LogP contribution >= 0.6 is 0 Å². The molecule has 0 spiro atoms. The number of ketones is 1. The first-order chi connectivity index (χ1) is 8.63. The number of carbonyl (C=O) groups is 2. The third-order valence-corrected chi connectivity index (χ3v) is 2.66. The molecule has 1 atom stereocenters. The zero-order chi connectivity index (χ0) is 13.5. The first-order valence-electron chi connectivity index (χ1n) is 5.98. The van der Waals surface area contributed by atoms with Gasteiger partial charge in [0.05, 0.1) is 13.7 Å². The van der Waals surface area contributed by atoms with Gasteiger partial charge in [-0.25, -0.2) is 0 Å². The summed E-state index contributed by atoms with van der Waals surface area (Å²) in [5, 5.41) is 0. The zero-order valence-electron chi connectivity index (χ0n) is 10.9. The Morgan fingerprint density at radius 2 is 1.78 bits per heavy atom. The first kappa shape index (κ1) is 14.2. The summed E-state index contributed by atoms with van der Waals surface area (Å²) >= 11 is 0. The van der Waals surface area contributed by atoms with Gasteiger partial charge in [-0.05, 0) is 37.6 Å². The summed E-state index contributed by atoms with van der Waals surface area (Å²) in [6.45, 7) is 4.25. The van der Waals surface area contributed by atoms with E-state index in [4.69, 9.17) is 4.74 Å². The highest BCUT2D eigenvalue weighted by Gasteiger charge is 2.26. The van der Waals surface area contributed by atoms with Gasteiger partial charge in [-0.3, -0.25) is 9.59 Å². The quantitative estimate of drug-likeness (QED) is 0.442. The van der Waals surface area contributed by atoms with Crippen molar-refractivity contribution in [1.82, 2.24) is 0 Å². The van der Waals surface area contributed by atoms with Crippen molar-refractivity contribution in [2.45, 2.75) is 20.3 Å². The molecule has 1 aromatic carbocycles. The molecule has 0 heterocycles. The van der Waals surface area contributed by atoms with Crippen LogP contribution in [0.2, 0.25) is 0 Å². The second-order valence-electron chi connectivity index (χ2n) is 3.81. The summed E-state index contributed by atoms with van der Waals surface area (Å²) in [5.41, 5.74) is 0.496. The molecule has 1 aromatic rings. The maximum absolute atomic E-state index is 12.1. The van der Waals surface area contributed by atoms with Crippen molar-refractivity contribution in [3.63, 3.8) is 0 Å². The Labute approximate surface area is 107 Å². The second-order valence-corrected chi connectivity index (χ2v) is 3.81. The number of esters is 1. The lowest BCUT2D eigenvalue weighted by Gasteiger charge is -2.11. The molecule has 1 unspecified atom stereocenters. The average molecular weight is 250 g/mol. The van der Waals surface area contributed by atoms with Crippen LogP contribution in [-0.4, -0.2) is 25.5 Å². The monoisotopic (exact) mass is 250 g/mol. The van der Waals surface area contributed by atoms with E-state index in [0.29, 0.717) is 24.3 Å². The van der Waals surface area contributed by atoms with Gasteiger partial charge in [0.25, 0.3) is 0 Å². The fourth-order valence-electron chi connectivity index (χ4n) is 1.68.